The lowest BCUT2D eigenvalue weighted by atomic mass is 9.63. The van der Waals surface area contributed by atoms with Crippen molar-refractivity contribution in [1.29, 1.82) is 0 Å². The number of nitrogens with one attached hydrogen (secondary N) is 1. The van der Waals surface area contributed by atoms with Crippen molar-refractivity contribution in [2.45, 2.75) is 90.0 Å². The molecule has 0 saturated heterocycles. The molecule has 1 heteroatoms. The van der Waals surface area contributed by atoms with Crippen molar-refractivity contribution in [2.24, 2.45) is 17.8 Å². The molecule has 10 rings (SSSR count). The SMILES string of the molecule is CCC1/C(c2ccccc2)=C\CC/C(c2ccc3c(c2)C2(C4=C3C=CCC4)c3ccccc3NC(Cc3ccccc3)c3ccccc32)=C(/C)CC(C)C(c2ccccc2)C1C. The predicted molar refractivity (Wildman–Crippen MR) is 263 cm³/mol. The van der Waals surface area contributed by atoms with Gasteiger partial charge in [0.2, 0.25) is 0 Å². The van der Waals surface area contributed by atoms with Gasteiger partial charge < -0.3 is 5.32 Å². The van der Waals surface area contributed by atoms with E-state index < -0.39 is 5.41 Å². The topological polar surface area (TPSA) is 12.0 Å². The van der Waals surface area contributed by atoms with E-state index in [4.69, 9.17) is 0 Å². The Balaban J connectivity index is 1.16. The summed E-state index contributed by atoms with van der Waals surface area (Å²) >= 11 is 0. The normalized spacial score (nSPS) is 26.5. The predicted octanol–water partition coefficient (Wildman–Crippen LogP) is 16.0. The Labute approximate surface area is 371 Å². The molecule has 3 aliphatic carbocycles. The van der Waals surface area contributed by atoms with E-state index in [1.165, 1.54) is 78.1 Å². The fourth-order valence-corrected chi connectivity index (χ4v) is 12.6. The molecule has 1 heterocycles. The average Bonchev–Trinajstić information content (AvgIpc) is 3.53. The fourth-order valence-electron chi connectivity index (χ4n) is 12.6. The number of fused-ring (bicyclic) bond motifs is 8. The second-order valence-electron chi connectivity index (χ2n) is 18.7. The summed E-state index contributed by atoms with van der Waals surface area (Å²) in [5.74, 6) is 1.86. The number of hydrogen-bond acceptors (Lipinski definition) is 1. The zero-order chi connectivity index (χ0) is 42.2. The molecule has 1 nitrogen and oxygen atoms in total. The third-order valence-electron chi connectivity index (χ3n) is 15.2. The molecule has 1 spiro atoms. The molecule has 4 aliphatic rings. The maximum atomic E-state index is 4.16. The Hall–Kier alpha value is -5.92. The van der Waals surface area contributed by atoms with Crippen molar-refractivity contribution < 1.29 is 0 Å². The summed E-state index contributed by atoms with van der Waals surface area (Å²) in [6.07, 6.45) is 14.7. The van der Waals surface area contributed by atoms with Gasteiger partial charge >= 0.3 is 0 Å². The van der Waals surface area contributed by atoms with Crippen molar-refractivity contribution >= 4 is 22.4 Å². The summed E-state index contributed by atoms with van der Waals surface area (Å²) in [5, 5.41) is 4.16. The minimum absolute atomic E-state index is 0.135. The molecule has 6 aromatic rings. The van der Waals surface area contributed by atoms with Gasteiger partial charge in [0.15, 0.2) is 0 Å². The van der Waals surface area contributed by atoms with Crippen molar-refractivity contribution in [2.75, 3.05) is 5.32 Å². The monoisotopic (exact) mass is 807 g/mol. The maximum Gasteiger partial charge on any atom is 0.0700 e. The minimum Gasteiger partial charge on any atom is -0.378 e. The first-order valence-corrected chi connectivity index (χ1v) is 23.5. The Morgan fingerprint density at radius 2 is 1.35 bits per heavy atom. The van der Waals surface area contributed by atoms with Gasteiger partial charge in [-0.05, 0) is 160 Å². The number of para-hydroxylation sites is 1. The van der Waals surface area contributed by atoms with Crippen LogP contribution in [0.2, 0.25) is 0 Å². The van der Waals surface area contributed by atoms with Gasteiger partial charge in [-0.1, -0.05) is 190 Å². The number of hydrogen-bond donors (Lipinski definition) is 1. The molecule has 0 saturated carbocycles. The van der Waals surface area contributed by atoms with E-state index in [1.807, 2.05) is 0 Å². The molecule has 0 fully saturated rings. The van der Waals surface area contributed by atoms with Crippen LogP contribution in [0.25, 0.3) is 16.7 Å². The molecule has 6 aromatic carbocycles. The third kappa shape index (κ3) is 6.95. The van der Waals surface area contributed by atoms with Crippen LogP contribution in [0.1, 0.15) is 128 Å². The Morgan fingerprint density at radius 3 is 2.13 bits per heavy atom. The van der Waals surface area contributed by atoms with Gasteiger partial charge in [-0.15, -0.1) is 0 Å². The Morgan fingerprint density at radius 1 is 0.661 bits per heavy atom. The van der Waals surface area contributed by atoms with Gasteiger partial charge in [0.1, 0.15) is 0 Å². The first-order valence-electron chi connectivity index (χ1n) is 23.5. The minimum atomic E-state index is -0.408. The van der Waals surface area contributed by atoms with Crippen molar-refractivity contribution in [3.63, 3.8) is 0 Å². The highest BCUT2D eigenvalue weighted by atomic mass is 14.9. The van der Waals surface area contributed by atoms with Crippen LogP contribution in [0.15, 0.2) is 187 Å². The van der Waals surface area contributed by atoms with Crippen LogP contribution < -0.4 is 5.32 Å². The van der Waals surface area contributed by atoms with Crippen LogP contribution in [-0.2, 0) is 11.8 Å². The first kappa shape index (κ1) is 40.2. The fraction of sp³-hybridized carbons (Fsp3) is 0.279. The molecular formula is C61H61N. The molecule has 6 unspecified atom stereocenters. The third-order valence-corrected chi connectivity index (χ3v) is 15.2. The molecule has 62 heavy (non-hydrogen) atoms. The molecule has 310 valence electrons. The summed E-state index contributed by atoms with van der Waals surface area (Å²) in [6.45, 7) is 9.94. The Bertz CT molecular complexity index is 2690. The molecule has 1 aliphatic heterocycles. The molecule has 6 atom stereocenters. The summed E-state index contributed by atoms with van der Waals surface area (Å²) in [6, 6.07) is 60.2. The van der Waals surface area contributed by atoms with E-state index in [-0.39, 0.29) is 6.04 Å². The summed E-state index contributed by atoms with van der Waals surface area (Å²) in [7, 11) is 0. The maximum absolute atomic E-state index is 4.16. The lowest BCUT2D eigenvalue weighted by Crippen LogP contribution is -2.31. The lowest BCUT2D eigenvalue weighted by molar-refractivity contribution is 0.283. The van der Waals surface area contributed by atoms with Gasteiger partial charge in [0.05, 0.1) is 11.5 Å². The van der Waals surface area contributed by atoms with E-state index in [9.17, 15) is 0 Å². The molecule has 0 aromatic heterocycles. The molecule has 0 radical (unpaired) electrons. The zero-order valence-electron chi connectivity index (χ0n) is 37.1. The van der Waals surface area contributed by atoms with Gasteiger partial charge in [-0.25, -0.2) is 0 Å². The van der Waals surface area contributed by atoms with Gasteiger partial charge in [0.25, 0.3) is 0 Å². The molecule has 0 amide bonds. The largest absolute Gasteiger partial charge is 0.378 e. The number of rotatable bonds is 6. The van der Waals surface area contributed by atoms with Crippen molar-refractivity contribution in [3.8, 4) is 0 Å². The average molecular weight is 808 g/mol. The van der Waals surface area contributed by atoms with Crippen molar-refractivity contribution in [3.05, 3.63) is 237 Å². The van der Waals surface area contributed by atoms with Gasteiger partial charge in [0, 0.05) is 5.69 Å². The summed E-state index contributed by atoms with van der Waals surface area (Å²) in [4.78, 5) is 0. The van der Waals surface area contributed by atoms with Crippen LogP contribution in [0.3, 0.4) is 0 Å². The number of benzene rings is 6. The van der Waals surface area contributed by atoms with E-state index in [1.54, 1.807) is 5.57 Å². The lowest BCUT2D eigenvalue weighted by Gasteiger charge is -2.37. The number of allylic oxidation sites excluding steroid dienone is 8. The first-order chi connectivity index (χ1) is 30.5. The summed E-state index contributed by atoms with van der Waals surface area (Å²) < 4.78 is 0. The second-order valence-corrected chi connectivity index (χ2v) is 18.7. The molecule has 0 bridgehead atoms. The zero-order valence-corrected chi connectivity index (χ0v) is 37.1. The molecule has 1 N–H and O–H groups in total. The second kappa shape index (κ2) is 17.1. The van der Waals surface area contributed by atoms with Crippen LogP contribution in [0, 0.1) is 17.8 Å². The van der Waals surface area contributed by atoms with Crippen molar-refractivity contribution in [1.82, 2.24) is 0 Å². The van der Waals surface area contributed by atoms with Gasteiger partial charge in [-0.2, -0.15) is 0 Å². The van der Waals surface area contributed by atoms with E-state index in [0.717, 1.165) is 44.9 Å². The smallest absolute Gasteiger partial charge is 0.0700 e. The standard InChI is InChI=1S/C61H61N/c1-5-48-43(4)60(46-26-13-8-14-27-46)42(3)38-41(2)49(30-21-31-50(48)45-24-11-7-12-25-45)47-36-37-52-51-28-15-17-32-54(51)61(57(52)40-47)55-33-18-16-29-53(55)59(39-44-22-9-6-10-23-44)62-58-35-20-19-34-56(58)61/h6-16,18-20,22-29,31,33-37,40,42-43,48,59-60,62H,5,17,21,30,32,38-39H2,1-4H3/b49-41+,50-31-. The highest BCUT2D eigenvalue weighted by Crippen LogP contribution is 2.61. The Kier molecular flexibility index (Phi) is 11.1. The van der Waals surface area contributed by atoms with Crippen LogP contribution in [0.4, 0.5) is 5.69 Å². The van der Waals surface area contributed by atoms with E-state index in [2.05, 4.69) is 209 Å². The van der Waals surface area contributed by atoms with E-state index >= 15 is 0 Å². The highest BCUT2D eigenvalue weighted by Gasteiger charge is 2.51. The highest BCUT2D eigenvalue weighted by molar-refractivity contribution is 5.93. The van der Waals surface area contributed by atoms with E-state index in [0.29, 0.717) is 23.7 Å². The van der Waals surface area contributed by atoms with Crippen LogP contribution >= 0.6 is 0 Å². The molecular weight excluding hydrogens is 747 g/mol. The van der Waals surface area contributed by atoms with Crippen LogP contribution in [0.5, 0.6) is 0 Å². The number of anilines is 1. The summed E-state index contributed by atoms with van der Waals surface area (Å²) in [5.41, 5.74) is 21.0. The van der Waals surface area contributed by atoms with Crippen LogP contribution in [-0.4, -0.2) is 0 Å². The van der Waals surface area contributed by atoms with Gasteiger partial charge in [-0.3, -0.25) is 0 Å². The quantitative estimate of drug-likeness (QED) is 0.177.